The van der Waals surface area contributed by atoms with Crippen molar-refractivity contribution in [3.05, 3.63) is 89.5 Å². The first-order chi connectivity index (χ1) is 18.4. The third kappa shape index (κ3) is 8.74. The Kier molecular flexibility index (Phi) is 10.0. The molecule has 1 amide bonds. The third-order valence-electron chi connectivity index (χ3n) is 5.67. The van der Waals surface area contributed by atoms with E-state index in [4.69, 9.17) is 8.92 Å². The van der Waals surface area contributed by atoms with E-state index in [1.54, 1.807) is 41.3 Å². The molecule has 0 aromatic heterocycles. The highest BCUT2D eigenvalue weighted by Gasteiger charge is 2.32. The fourth-order valence-corrected chi connectivity index (χ4v) is 4.76. The lowest BCUT2D eigenvalue weighted by Crippen LogP contribution is -2.33. The number of benzene rings is 3. The van der Waals surface area contributed by atoms with Gasteiger partial charge < -0.3 is 13.8 Å². The number of amides is 1. The summed E-state index contributed by atoms with van der Waals surface area (Å²) in [6.07, 6.45) is -2.74. The van der Waals surface area contributed by atoms with Crippen LogP contribution in [0.5, 0.6) is 11.5 Å². The number of nitrogens with zero attached hydrogens (tertiary/aromatic N) is 1. The molecule has 0 radical (unpaired) electrons. The summed E-state index contributed by atoms with van der Waals surface area (Å²) in [7, 11) is -4.52. The molecule has 10 heteroatoms. The minimum atomic E-state index is -4.69. The minimum Gasteiger partial charge on any atom is -0.494 e. The summed E-state index contributed by atoms with van der Waals surface area (Å²) in [5, 5.41) is 0. The zero-order chi connectivity index (χ0) is 28.6. The fraction of sp³-hybridized carbons (Fsp3) is 0.345. The van der Waals surface area contributed by atoms with Gasteiger partial charge in [-0.1, -0.05) is 45.4 Å². The van der Waals surface area contributed by atoms with E-state index in [1.165, 1.54) is 12.1 Å². The SMILES string of the molecule is CCCCOc1ccc(C(=O)N(Cc2cccc(OS(=O)(=O)c3cccc(C(F)(F)F)c3)c2)CC(C)C)cc1. The van der Waals surface area contributed by atoms with Gasteiger partial charge in [0.25, 0.3) is 5.91 Å². The van der Waals surface area contributed by atoms with Crippen molar-refractivity contribution in [3.8, 4) is 11.5 Å². The quantitative estimate of drug-likeness (QED) is 0.176. The topological polar surface area (TPSA) is 72.9 Å². The molecule has 0 aliphatic heterocycles. The van der Waals surface area contributed by atoms with Crippen LogP contribution in [0.4, 0.5) is 13.2 Å². The predicted molar refractivity (Wildman–Crippen MR) is 142 cm³/mol. The van der Waals surface area contributed by atoms with Gasteiger partial charge in [-0.25, -0.2) is 0 Å². The maximum Gasteiger partial charge on any atom is 0.416 e. The van der Waals surface area contributed by atoms with Gasteiger partial charge in [0.05, 0.1) is 12.2 Å². The van der Waals surface area contributed by atoms with Crippen molar-refractivity contribution in [1.29, 1.82) is 0 Å². The first-order valence-corrected chi connectivity index (χ1v) is 14.0. The number of alkyl halides is 3. The van der Waals surface area contributed by atoms with Crippen molar-refractivity contribution in [2.45, 2.75) is 51.2 Å². The molecule has 210 valence electrons. The number of carbonyl (C=O) groups excluding carboxylic acids is 1. The van der Waals surface area contributed by atoms with Gasteiger partial charge in [-0.05, 0) is 72.5 Å². The highest BCUT2D eigenvalue weighted by Crippen LogP contribution is 2.31. The summed E-state index contributed by atoms with van der Waals surface area (Å²) in [6.45, 7) is 7.25. The van der Waals surface area contributed by atoms with Gasteiger partial charge in [0.15, 0.2) is 0 Å². The van der Waals surface area contributed by atoms with Crippen LogP contribution in [-0.2, 0) is 22.8 Å². The van der Waals surface area contributed by atoms with Crippen molar-refractivity contribution < 1.29 is 35.3 Å². The van der Waals surface area contributed by atoms with E-state index in [-0.39, 0.29) is 24.1 Å². The van der Waals surface area contributed by atoms with Gasteiger partial charge in [0.2, 0.25) is 0 Å². The third-order valence-corrected chi connectivity index (χ3v) is 6.91. The van der Waals surface area contributed by atoms with Crippen LogP contribution in [-0.4, -0.2) is 32.4 Å². The largest absolute Gasteiger partial charge is 0.494 e. The normalized spacial score (nSPS) is 11.9. The molecule has 3 aromatic carbocycles. The van der Waals surface area contributed by atoms with Crippen LogP contribution < -0.4 is 8.92 Å². The monoisotopic (exact) mass is 563 g/mol. The minimum absolute atomic E-state index is 0.0737. The van der Waals surface area contributed by atoms with Crippen molar-refractivity contribution in [1.82, 2.24) is 4.90 Å². The van der Waals surface area contributed by atoms with Gasteiger partial charge in [0, 0.05) is 18.7 Å². The van der Waals surface area contributed by atoms with Crippen LogP contribution >= 0.6 is 0 Å². The van der Waals surface area contributed by atoms with E-state index < -0.39 is 26.8 Å². The molecule has 0 saturated carbocycles. The van der Waals surface area contributed by atoms with Crippen molar-refractivity contribution >= 4 is 16.0 Å². The number of carbonyl (C=O) groups is 1. The summed E-state index contributed by atoms with van der Waals surface area (Å²) in [4.78, 5) is 14.4. The van der Waals surface area contributed by atoms with E-state index in [0.717, 1.165) is 31.0 Å². The number of hydrogen-bond acceptors (Lipinski definition) is 5. The zero-order valence-corrected chi connectivity index (χ0v) is 22.9. The molecule has 0 aliphatic carbocycles. The van der Waals surface area contributed by atoms with E-state index in [9.17, 15) is 26.4 Å². The zero-order valence-electron chi connectivity index (χ0n) is 22.1. The Bertz CT molecular complexity index is 1360. The van der Waals surface area contributed by atoms with E-state index >= 15 is 0 Å². The Labute approximate surface area is 227 Å². The lowest BCUT2D eigenvalue weighted by molar-refractivity contribution is -0.137. The van der Waals surface area contributed by atoms with Crippen LogP contribution in [0.25, 0.3) is 0 Å². The molecule has 0 atom stereocenters. The lowest BCUT2D eigenvalue weighted by Gasteiger charge is -2.25. The number of ether oxygens (including phenoxy) is 1. The standard InChI is InChI=1S/C29H32F3NO5S/c1-4-5-16-37-25-14-12-23(13-15-25)28(34)33(19-21(2)3)20-22-8-6-10-26(17-22)38-39(35,36)27-11-7-9-24(18-27)29(30,31)32/h6-15,17-18,21H,4-5,16,19-20H2,1-3H3. The first kappa shape index (κ1) is 30.0. The van der Waals surface area contributed by atoms with Crippen LogP contribution in [0.2, 0.25) is 0 Å². The second kappa shape index (κ2) is 13.0. The molecule has 0 fully saturated rings. The lowest BCUT2D eigenvalue weighted by atomic mass is 10.1. The molecule has 0 saturated heterocycles. The molecule has 39 heavy (non-hydrogen) atoms. The molecule has 0 N–H and O–H groups in total. The average Bonchev–Trinajstić information content (AvgIpc) is 2.88. The molecular formula is C29H32F3NO5S. The first-order valence-electron chi connectivity index (χ1n) is 12.6. The molecule has 3 rings (SSSR count). The maximum atomic E-state index is 13.3. The maximum absolute atomic E-state index is 13.3. The Morgan fingerprint density at radius 3 is 2.28 bits per heavy atom. The van der Waals surface area contributed by atoms with Crippen LogP contribution in [0.1, 0.15) is 55.1 Å². The Morgan fingerprint density at radius 2 is 1.64 bits per heavy atom. The van der Waals surface area contributed by atoms with Crippen LogP contribution in [0.15, 0.2) is 77.7 Å². The van der Waals surface area contributed by atoms with Crippen molar-refractivity contribution in [2.24, 2.45) is 5.92 Å². The molecule has 3 aromatic rings. The highest BCUT2D eigenvalue weighted by molar-refractivity contribution is 7.87. The van der Waals surface area contributed by atoms with Gasteiger partial charge >= 0.3 is 16.3 Å². The highest BCUT2D eigenvalue weighted by atomic mass is 32.2. The van der Waals surface area contributed by atoms with Crippen molar-refractivity contribution in [3.63, 3.8) is 0 Å². The second-order valence-electron chi connectivity index (χ2n) is 9.52. The number of rotatable bonds is 12. The molecule has 6 nitrogen and oxygen atoms in total. The summed E-state index contributed by atoms with van der Waals surface area (Å²) in [5.74, 6) is 0.565. The van der Waals surface area contributed by atoms with Gasteiger partial charge in [0.1, 0.15) is 16.4 Å². The molecule has 0 aliphatic rings. The van der Waals surface area contributed by atoms with E-state index in [1.807, 2.05) is 13.8 Å². The summed E-state index contributed by atoms with van der Waals surface area (Å²) in [6, 6.07) is 16.4. The number of hydrogen-bond donors (Lipinski definition) is 0. The molecular weight excluding hydrogens is 531 g/mol. The van der Waals surface area contributed by atoms with Crippen molar-refractivity contribution in [2.75, 3.05) is 13.2 Å². The van der Waals surface area contributed by atoms with E-state index in [0.29, 0.717) is 36.1 Å². The van der Waals surface area contributed by atoms with Crippen LogP contribution in [0, 0.1) is 5.92 Å². The summed E-state index contributed by atoms with van der Waals surface area (Å²) >= 11 is 0. The smallest absolute Gasteiger partial charge is 0.416 e. The second-order valence-corrected chi connectivity index (χ2v) is 11.1. The Hall–Kier alpha value is -3.53. The Morgan fingerprint density at radius 1 is 0.949 bits per heavy atom. The van der Waals surface area contributed by atoms with Crippen LogP contribution in [0.3, 0.4) is 0 Å². The number of halogens is 3. The predicted octanol–water partition coefficient (Wildman–Crippen LogP) is 6.95. The van der Waals surface area contributed by atoms with E-state index in [2.05, 4.69) is 6.92 Å². The summed E-state index contributed by atoms with van der Waals surface area (Å²) < 4.78 is 75.3. The molecule has 0 heterocycles. The fourth-order valence-electron chi connectivity index (χ4n) is 3.79. The van der Waals surface area contributed by atoms with Gasteiger partial charge in [-0.15, -0.1) is 0 Å². The molecule has 0 bridgehead atoms. The number of unbranched alkanes of at least 4 members (excludes halogenated alkanes) is 1. The molecule has 0 unspecified atom stereocenters. The van der Waals surface area contributed by atoms with Gasteiger partial charge in [-0.3, -0.25) is 4.79 Å². The average molecular weight is 564 g/mol. The Balaban J connectivity index is 1.77. The summed E-state index contributed by atoms with van der Waals surface area (Å²) in [5.41, 5.74) is -0.0115. The molecule has 0 spiro atoms. The van der Waals surface area contributed by atoms with Gasteiger partial charge in [-0.2, -0.15) is 21.6 Å².